The number of likely N-dealkylation sites (tertiary alicyclic amines) is 1. The van der Waals surface area contributed by atoms with Crippen molar-refractivity contribution in [3.63, 3.8) is 0 Å². The van der Waals surface area contributed by atoms with E-state index in [0.717, 1.165) is 0 Å². The van der Waals surface area contributed by atoms with Gasteiger partial charge in [0, 0.05) is 19.4 Å². The summed E-state index contributed by atoms with van der Waals surface area (Å²) in [5.41, 5.74) is -0.568. The standard InChI is InChI=1S/C12H21NO4/c1-8(14)10-7-9(15)5-6-13(10)11(16)17-12(2,3)4/h8,10,14H,5-7H2,1-4H3. The zero-order valence-electron chi connectivity index (χ0n) is 10.9. The molecular weight excluding hydrogens is 222 g/mol. The lowest BCUT2D eigenvalue weighted by Crippen LogP contribution is -2.52. The van der Waals surface area contributed by atoms with Crippen LogP contribution >= 0.6 is 0 Å². The summed E-state index contributed by atoms with van der Waals surface area (Å²) in [6, 6.07) is -0.467. The maximum Gasteiger partial charge on any atom is 0.410 e. The first kappa shape index (κ1) is 14.0. The number of carbonyl (C=O) groups is 2. The van der Waals surface area contributed by atoms with Crippen molar-refractivity contribution in [1.29, 1.82) is 0 Å². The van der Waals surface area contributed by atoms with E-state index in [1.807, 2.05) is 0 Å². The normalized spacial score (nSPS) is 23.5. The number of Topliss-reactive ketones (excluding diaryl/α,β-unsaturated/α-hetero) is 1. The fourth-order valence-electron chi connectivity index (χ4n) is 1.83. The molecule has 1 rings (SSSR count). The molecule has 0 radical (unpaired) electrons. The SMILES string of the molecule is CC(O)C1CC(=O)CCN1C(=O)OC(C)(C)C. The lowest BCUT2D eigenvalue weighted by atomic mass is 9.97. The van der Waals surface area contributed by atoms with Crippen LogP contribution in [-0.4, -0.2) is 46.2 Å². The highest BCUT2D eigenvalue weighted by Crippen LogP contribution is 2.20. The van der Waals surface area contributed by atoms with Crippen molar-refractivity contribution in [3.8, 4) is 0 Å². The Kier molecular flexibility index (Phi) is 4.14. The summed E-state index contributed by atoms with van der Waals surface area (Å²) in [7, 11) is 0. The largest absolute Gasteiger partial charge is 0.444 e. The van der Waals surface area contributed by atoms with E-state index in [0.29, 0.717) is 13.0 Å². The lowest BCUT2D eigenvalue weighted by Gasteiger charge is -2.37. The summed E-state index contributed by atoms with van der Waals surface area (Å²) in [5, 5.41) is 9.61. The zero-order valence-corrected chi connectivity index (χ0v) is 10.9. The number of ketones is 1. The molecule has 17 heavy (non-hydrogen) atoms. The maximum atomic E-state index is 11.9. The van der Waals surface area contributed by atoms with E-state index in [1.54, 1.807) is 27.7 Å². The molecule has 5 heteroatoms. The van der Waals surface area contributed by atoms with Crippen LogP contribution in [0.25, 0.3) is 0 Å². The molecule has 2 atom stereocenters. The second-order valence-electron chi connectivity index (χ2n) is 5.47. The van der Waals surface area contributed by atoms with Crippen molar-refractivity contribution in [1.82, 2.24) is 4.90 Å². The second kappa shape index (κ2) is 5.04. The minimum Gasteiger partial charge on any atom is -0.444 e. The number of aliphatic hydroxyl groups is 1. The first-order valence-corrected chi connectivity index (χ1v) is 5.90. The number of piperidine rings is 1. The van der Waals surface area contributed by atoms with E-state index >= 15 is 0 Å². The molecule has 1 N–H and O–H groups in total. The van der Waals surface area contributed by atoms with Crippen LogP contribution in [0, 0.1) is 0 Å². The predicted molar refractivity (Wildman–Crippen MR) is 62.6 cm³/mol. The van der Waals surface area contributed by atoms with E-state index in [4.69, 9.17) is 4.74 Å². The molecule has 0 aromatic carbocycles. The summed E-state index contributed by atoms with van der Waals surface area (Å²) in [4.78, 5) is 24.7. The van der Waals surface area contributed by atoms with Crippen molar-refractivity contribution in [2.24, 2.45) is 0 Å². The third kappa shape index (κ3) is 4.00. The molecule has 0 bridgehead atoms. The van der Waals surface area contributed by atoms with Crippen LogP contribution in [0.1, 0.15) is 40.5 Å². The number of carbonyl (C=O) groups excluding carboxylic acids is 2. The van der Waals surface area contributed by atoms with Gasteiger partial charge in [0.05, 0.1) is 12.1 Å². The van der Waals surface area contributed by atoms with Crippen molar-refractivity contribution in [3.05, 3.63) is 0 Å². The van der Waals surface area contributed by atoms with Crippen molar-refractivity contribution in [2.75, 3.05) is 6.54 Å². The highest BCUT2D eigenvalue weighted by atomic mass is 16.6. The Morgan fingerprint density at radius 3 is 2.59 bits per heavy atom. The Morgan fingerprint density at radius 2 is 2.12 bits per heavy atom. The van der Waals surface area contributed by atoms with Gasteiger partial charge < -0.3 is 14.7 Å². The van der Waals surface area contributed by atoms with Gasteiger partial charge in [0.25, 0.3) is 0 Å². The van der Waals surface area contributed by atoms with E-state index in [-0.39, 0.29) is 12.2 Å². The summed E-state index contributed by atoms with van der Waals surface area (Å²) in [5.74, 6) is 0.0794. The summed E-state index contributed by atoms with van der Waals surface area (Å²) in [6.07, 6.45) is -0.651. The van der Waals surface area contributed by atoms with Crippen LogP contribution in [0.15, 0.2) is 0 Å². The van der Waals surface area contributed by atoms with Crippen molar-refractivity contribution < 1.29 is 19.4 Å². The molecule has 1 amide bonds. The average Bonchev–Trinajstić information content (AvgIpc) is 2.14. The molecule has 1 heterocycles. The Labute approximate surface area is 102 Å². The number of ether oxygens (including phenoxy) is 1. The third-order valence-corrected chi connectivity index (χ3v) is 2.65. The number of hydrogen-bond acceptors (Lipinski definition) is 4. The van der Waals surface area contributed by atoms with Crippen LogP contribution in [-0.2, 0) is 9.53 Å². The number of rotatable bonds is 1. The summed E-state index contributed by atoms with van der Waals surface area (Å²) in [6.45, 7) is 7.27. The van der Waals surface area contributed by atoms with Crippen LogP contribution < -0.4 is 0 Å². The number of aliphatic hydroxyl groups excluding tert-OH is 1. The Hall–Kier alpha value is -1.10. The predicted octanol–water partition coefficient (Wildman–Crippen LogP) is 1.34. The highest BCUT2D eigenvalue weighted by molar-refractivity contribution is 5.82. The molecule has 2 unspecified atom stereocenters. The Balaban J connectivity index is 2.73. The molecule has 0 spiro atoms. The minimum atomic E-state index is -0.730. The average molecular weight is 243 g/mol. The highest BCUT2D eigenvalue weighted by Gasteiger charge is 2.35. The van der Waals surface area contributed by atoms with Crippen LogP contribution in [0.5, 0.6) is 0 Å². The molecule has 0 saturated carbocycles. The van der Waals surface area contributed by atoms with Gasteiger partial charge in [-0.15, -0.1) is 0 Å². The van der Waals surface area contributed by atoms with Gasteiger partial charge in [-0.1, -0.05) is 0 Å². The molecular formula is C12H21NO4. The summed E-state index contributed by atoms with van der Waals surface area (Å²) >= 11 is 0. The molecule has 0 aromatic rings. The molecule has 0 aliphatic carbocycles. The quantitative estimate of drug-likeness (QED) is 0.754. The van der Waals surface area contributed by atoms with Gasteiger partial charge in [-0.2, -0.15) is 0 Å². The van der Waals surface area contributed by atoms with E-state index in [9.17, 15) is 14.7 Å². The molecule has 1 aliphatic rings. The lowest BCUT2D eigenvalue weighted by molar-refractivity contribution is -0.124. The van der Waals surface area contributed by atoms with Crippen LogP contribution in [0.3, 0.4) is 0 Å². The Morgan fingerprint density at radius 1 is 1.53 bits per heavy atom. The van der Waals surface area contributed by atoms with Gasteiger partial charge >= 0.3 is 6.09 Å². The van der Waals surface area contributed by atoms with Gasteiger partial charge in [0.2, 0.25) is 0 Å². The monoisotopic (exact) mass is 243 g/mol. The first-order chi connectivity index (χ1) is 7.70. The van der Waals surface area contributed by atoms with E-state index in [1.165, 1.54) is 4.90 Å². The van der Waals surface area contributed by atoms with E-state index in [2.05, 4.69) is 0 Å². The van der Waals surface area contributed by atoms with Crippen LogP contribution in [0.4, 0.5) is 4.79 Å². The smallest absolute Gasteiger partial charge is 0.410 e. The maximum absolute atomic E-state index is 11.9. The van der Waals surface area contributed by atoms with Gasteiger partial charge in [-0.3, -0.25) is 4.79 Å². The minimum absolute atomic E-state index is 0.0794. The molecule has 1 aliphatic heterocycles. The second-order valence-corrected chi connectivity index (χ2v) is 5.47. The number of nitrogens with zero attached hydrogens (tertiary/aromatic N) is 1. The number of amides is 1. The fourth-order valence-corrected chi connectivity index (χ4v) is 1.83. The van der Waals surface area contributed by atoms with Crippen molar-refractivity contribution in [2.45, 2.75) is 58.3 Å². The molecule has 0 aromatic heterocycles. The number of hydrogen-bond donors (Lipinski definition) is 1. The Bertz CT molecular complexity index is 306. The fraction of sp³-hybridized carbons (Fsp3) is 0.833. The first-order valence-electron chi connectivity index (χ1n) is 5.90. The topological polar surface area (TPSA) is 66.8 Å². The summed E-state index contributed by atoms with van der Waals surface area (Å²) < 4.78 is 5.26. The third-order valence-electron chi connectivity index (χ3n) is 2.65. The van der Waals surface area contributed by atoms with E-state index < -0.39 is 23.8 Å². The van der Waals surface area contributed by atoms with Gasteiger partial charge in [0.15, 0.2) is 0 Å². The van der Waals surface area contributed by atoms with Gasteiger partial charge in [-0.05, 0) is 27.7 Å². The molecule has 1 saturated heterocycles. The van der Waals surface area contributed by atoms with Gasteiger partial charge in [0.1, 0.15) is 11.4 Å². The van der Waals surface area contributed by atoms with Gasteiger partial charge in [-0.25, -0.2) is 4.79 Å². The molecule has 1 fully saturated rings. The van der Waals surface area contributed by atoms with Crippen molar-refractivity contribution >= 4 is 11.9 Å². The zero-order chi connectivity index (χ0) is 13.2. The molecule has 98 valence electrons. The molecule has 5 nitrogen and oxygen atoms in total. The van der Waals surface area contributed by atoms with Crippen LogP contribution in [0.2, 0.25) is 0 Å².